The molecular formula is C9H10N2OS. The third kappa shape index (κ3) is 1.79. The van der Waals surface area contributed by atoms with Gasteiger partial charge in [-0.3, -0.25) is 0 Å². The summed E-state index contributed by atoms with van der Waals surface area (Å²) in [6, 6.07) is 2.00. The fraction of sp³-hybridized carbons (Fsp3) is 0.222. The van der Waals surface area contributed by atoms with E-state index in [-0.39, 0.29) is 0 Å². The lowest BCUT2D eigenvalue weighted by molar-refractivity contribution is 0.503. The van der Waals surface area contributed by atoms with E-state index >= 15 is 0 Å². The summed E-state index contributed by atoms with van der Waals surface area (Å²) >= 11 is 1.64. The topological polar surface area (TPSA) is 38.1 Å². The number of hydrogen-bond donors (Lipinski definition) is 1. The number of oxazole rings is 1. The van der Waals surface area contributed by atoms with Gasteiger partial charge in [0.2, 0.25) is 5.89 Å². The van der Waals surface area contributed by atoms with E-state index in [2.05, 4.69) is 10.3 Å². The molecule has 0 fully saturated rings. The van der Waals surface area contributed by atoms with E-state index in [1.807, 2.05) is 23.9 Å². The molecule has 0 amide bonds. The van der Waals surface area contributed by atoms with Crippen molar-refractivity contribution >= 4 is 11.3 Å². The maximum atomic E-state index is 5.50. The van der Waals surface area contributed by atoms with Crippen LogP contribution in [0.5, 0.6) is 0 Å². The van der Waals surface area contributed by atoms with Crippen molar-refractivity contribution in [1.29, 1.82) is 0 Å². The van der Waals surface area contributed by atoms with Crippen LogP contribution in [0.2, 0.25) is 0 Å². The van der Waals surface area contributed by atoms with Gasteiger partial charge in [-0.15, -0.1) is 0 Å². The fourth-order valence-electron chi connectivity index (χ4n) is 1.08. The summed E-state index contributed by atoms with van der Waals surface area (Å²) in [6.45, 7) is 0.719. The van der Waals surface area contributed by atoms with Crippen molar-refractivity contribution in [3.8, 4) is 11.5 Å². The Morgan fingerprint density at radius 2 is 2.54 bits per heavy atom. The Hall–Kier alpha value is -1.13. The number of rotatable bonds is 3. The molecule has 0 unspecified atom stereocenters. The van der Waals surface area contributed by atoms with Crippen molar-refractivity contribution in [3.63, 3.8) is 0 Å². The number of thiophene rings is 1. The molecule has 0 bridgehead atoms. The number of hydrogen-bond acceptors (Lipinski definition) is 4. The van der Waals surface area contributed by atoms with E-state index in [4.69, 9.17) is 4.42 Å². The molecule has 0 spiro atoms. The second kappa shape index (κ2) is 3.72. The zero-order valence-corrected chi connectivity index (χ0v) is 8.10. The highest BCUT2D eigenvalue weighted by Gasteiger charge is 2.05. The van der Waals surface area contributed by atoms with Crippen LogP contribution in [0, 0.1) is 0 Å². The van der Waals surface area contributed by atoms with Gasteiger partial charge in [0.25, 0.3) is 0 Å². The monoisotopic (exact) mass is 194 g/mol. The van der Waals surface area contributed by atoms with Gasteiger partial charge in [0.05, 0.1) is 12.7 Å². The Morgan fingerprint density at radius 1 is 1.62 bits per heavy atom. The number of nitrogens with zero attached hydrogens (tertiary/aromatic N) is 1. The highest BCUT2D eigenvalue weighted by Crippen LogP contribution is 2.21. The molecule has 0 aromatic carbocycles. The predicted molar refractivity (Wildman–Crippen MR) is 52.6 cm³/mol. The van der Waals surface area contributed by atoms with Gasteiger partial charge in [0, 0.05) is 10.9 Å². The van der Waals surface area contributed by atoms with Gasteiger partial charge in [0.1, 0.15) is 5.76 Å². The molecule has 0 aliphatic heterocycles. The van der Waals surface area contributed by atoms with E-state index in [0.717, 1.165) is 17.9 Å². The SMILES string of the molecule is CNCc1cnc(-c2ccsc2)o1. The second-order valence-corrected chi connectivity index (χ2v) is 3.45. The minimum atomic E-state index is 0.700. The molecule has 0 saturated carbocycles. The average molecular weight is 194 g/mol. The highest BCUT2D eigenvalue weighted by atomic mass is 32.1. The molecule has 2 aromatic rings. The van der Waals surface area contributed by atoms with Crippen molar-refractivity contribution < 1.29 is 4.42 Å². The minimum absolute atomic E-state index is 0.700. The molecule has 4 heteroatoms. The molecule has 3 nitrogen and oxygen atoms in total. The molecule has 0 aliphatic carbocycles. The van der Waals surface area contributed by atoms with E-state index in [1.54, 1.807) is 17.5 Å². The molecule has 2 aromatic heterocycles. The summed E-state index contributed by atoms with van der Waals surface area (Å²) in [5, 5.41) is 7.05. The maximum absolute atomic E-state index is 5.50. The van der Waals surface area contributed by atoms with Crippen LogP contribution in [0.15, 0.2) is 27.4 Å². The molecule has 0 saturated heterocycles. The number of nitrogens with one attached hydrogen (secondary N) is 1. The molecule has 13 heavy (non-hydrogen) atoms. The molecule has 0 aliphatic rings. The standard InChI is InChI=1S/C9H10N2OS/c1-10-4-8-5-11-9(12-8)7-2-3-13-6-7/h2-3,5-6,10H,4H2,1H3. The lowest BCUT2D eigenvalue weighted by Gasteiger charge is -1.91. The summed E-state index contributed by atoms with van der Waals surface area (Å²) < 4.78 is 5.50. The molecular weight excluding hydrogens is 184 g/mol. The minimum Gasteiger partial charge on any atom is -0.440 e. The molecule has 0 atom stereocenters. The summed E-state index contributed by atoms with van der Waals surface area (Å²) in [4.78, 5) is 4.18. The normalized spacial score (nSPS) is 10.5. The van der Waals surface area contributed by atoms with Crippen molar-refractivity contribution in [2.45, 2.75) is 6.54 Å². The van der Waals surface area contributed by atoms with Gasteiger partial charge in [-0.2, -0.15) is 11.3 Å². The predicted octanol–water partition coefficient (Wildman–Crippen LogP) is 2.12. The Balaban J connectivity index is 2.23. The van der Waals surface area contributed by atoms with E-state index in [9.17, 15) is 0 Å². The zero-order chi connectivity index (χ0) is 9.10. The number of aromatic nitrogens is 1. The van der Waals surface area contributed by atoms with Gasteiger partial charge >= 0.3 is 0 Å². The third-order valence-corrected chi connectivity index (χ3v) is 2.36. The maximum Gasteiger partial charge on any atom is 0.227 e. The van der Waals surface area contributed by atoms with Gasteiger partial charge < -0.3 is 9.73 Å². The fourth-order valence-corrected chi connectivity index (χ4v) is 1.71. The van der Waals surface area contributed by atoms with Crippen molar-refractivity contribution in [1.82, 2.24) is 10.3 Å². The van der Waals surface area contributed by atoms with Crippen LogP contribution in [-0.2, 0) is 6.54 Å². The van der Waals surface area contributed by atoms with E-state index < -0.39 is 0 Å². The van der Waals surface area contributed by atoms with E-state index in [0.29, 0.717) is 5.89 Å². The quantitative estimate of drug-likeness (QED) is 0.813. The molecule has 2 heterocycles. The van der Waals surface area contributed by atoms with Crippen LogP contribution in [-0.4, -0.2) is 12.0 Å². The lowest BCUT2D eigenvalue weighted by atomic mass is 10.3. The molecule has 2 rings (SSSR count). The van der Waals surface area contributed by atoms with Crippen LogP contribution in [0.1, 0.15) is 5.76 Å². The molecule has 0 radical (unpaired) electrons. The Labute approximate surface area is 80.4 Å². The van der Waals surface area contributed by atoms with Crippen molar-refractivity contribution in [3.05, 3.63) is 28.8 Å². The first-order chi connectivity index (χ1) is 6.40. The smallest absolute Gasteiger partial charge is 0.227 e. The van der Waals surface area contributed by atoms with Gasteiger partial charge in [-0.05, 0) is 18.5 Å². The first-order valence-electron chi connectivity index (χ1n) is 4.02. The second-order valence-electron chi connectivity index (χ2n) is 2.67. The molecule has 1 N–H and O–H groups in total. The Bertz CT molecular complexity index is 367. The van der Waals surface area contributed by atoms with Crippen LogP contribution in [0.3, 0.4) is 0 Å². The summed E-state index contributed by atoms with van der Waals surface area (Å²) in [6.07, 6.45) is 1.75. The van der Waals surface area contributed by atoms with Crippen LogP contribution >= 0.6 is 11.3 Å². The summed E-state index contributed by atoms with van der Waals surface area (Å²) in [5.41, 5.74) is 1.05. The van der Waals surface area contributed by atoms with Gasteiger partial charge in [-0.1, -0.05) is 0 Å². The van der Waals surface area contributed by atoms with Crippen LogP contribution < -0.4 is 5.32 Å². The zero-order valence-electron chi connectivity index (χ0n) is 7.28. The van der Waals surface area contributed by atoms with Crippen molar-refractivity contribution in [2.75, 3.05) is 7.05 Å². The highest BCUT2D eigenvalue weighted by molar-refractivity contribution is 7.08. The first-order valence-corrected chi connectivity index (χ1v) is 4.96. The average Bonchev–Trinajstić information content (AvgIpc) is 2.70. The first kappa shape index (κ1) is 8.47. The van der Waals surface area contributed by atoms with Crippen LogP contribution in [0.4, 0.5) is 0 Å². The van der Waals surface area contributed by atoms with Crippen molar-refractivity contribution in [2.24, 2.45) is 0 Å². The largest absolute Gasteiger partial charge is 0.440 e. The summed E-state index contributed by atoms with van der Waals surface area (Å²) in [7, 11) is 1.88. The van der Waals surface area contributed by atoms with Gasteiger partial charge in [-0.25, -0.2) is 4.98 Å². The summed E-state index contributed by atoms with van der Waals surface area (Å²) in [5.74, 6) is 1.57. The lowest BCUT2D eigenvalue weighted by Crippen LogP contribution is -2.03. The van der Waals surface area contributed by atoms with Crippen LogP contribution in [0.25, 0.3) is 11.5 Å². The Kier molecular flexibility index (Phi) is 2.42. The van der Waals surface area contributed by atoms with Gasteiger partial charge in [0.15, 0.2) is 0 Å². The molecule has 68 valence electrons. The third-order valence-electron chi connectivity index (χ3n) is 1.67. The Morgan fingerprint density at radius 3 is 3.23 bits per heavy atom. The van der Waals surface area contributed by atoms with E-state index in [1.165, 1.54) is 0 Å².